The first-order valence-corrected chi connectivity index (χ1v) is 6.98. The fourth-order valence-electron chi connectivity index (χ4n) is 1.66. The smallest absolute Gasteiger partial charge is 0.322 e. The van der Waals surface area contributed by atoms with Crippen molar-refractivity contribution in [3.63, 3.8) is 0 Å². The molecule has 0 bridgehead atoms. The highest BCUT2D eigenvalue weighted by molar-refractivity contribution is 9.10. The van der Waals surface area contributed by atoms with E-state index in [4.69, 9.17) is 0 Å². The van der Waals surface area contributed by atoms with Crippen molar-refractivity contribution in [2.24, 2.45) is 0 Å². The zero-order chi connectivity index (χ0) is 15.6. The van der Waals surface area contributed by atoms with Gasteiger partial charge in [0.2, 0.25) is 0 Å². The van der Waals surface area contributed by atoms with Crippen LogP contribution in [0.2, 0.25) is 0 Å². The lowest BCUT2D eigenvalue weighted by Gasteiger charge is -2.10. The Morgan fingerprint density at radius 2 is 1.86 bits per heavy atom. The van der Waals surface area contributed by atoms with Crippen molar-refractivity contribution in [2.45, 2.75) is 11.1 Å². The molecule has 0 saturated carbocycles. The number of thiol groups is 1. The molecular weight excluding hydrogens is 367 g/mol. The molecule has 0 saturated heterocycles. The number of alkyl halides is 3. The molecule has 2 rings (SSSR count). The lowest BCUT2D eigenvalue weighted by Crippen LogP contribution is -2.13. The summed E-state index contributed by atoms with van der Waals surface area (Å²) in [5.74, 6) is -0.517. The van der Waals surface area contributed by atoms with Crippen molar-refractivity contribution in [3.8, 4) is 0 Å². The number of rotatable bonds is 2. The minimum absolute atomic E-state index is 0.0753. The maximum Gasteiger partial charge on any atom is 0.416 e. The van der Waals surface area contributed by atoms with Crippen molar-refractivity contribution in [2.75, 3.05) is 5.32 Å². The van der Waals surface area contributed by atoms with Gasteiger partial charge in [-0.05, 0) is 52.3 Å². The van der Waals surface area contributed by atoms with E-state index in [-0.39, 0.29) is 5.69 Å². The molecule has 0 aliphatic rings. The lowest BCUT2D eigenvalue weighted by molar-refractivity contribution is -0.137. The van der Waals surface area contributed by atoms with Gasteiger partial charge in [0.1, 0.15) is 0 Å². The molecule has 0 atom stereocenters. The minimum atomic E-state index is -4.45. The number of hydrogen-bond acceptors (Lipinski definition) is 2. The fourth-order valence-corrected chi connectivity index (χ4v) is 2.29. The minimum Gasteiger partial charge on any atom is -0.322 e. The summed E-state index contributed by atoms with van der Waals surface area (Å²) in [6.07, 6.45) is -4.45. The number of halogens is 4. The Morgan fingerprint density at radius 3 is 2.52 bits per heavy atom. The van der Waals surface area contributed by atoms with E-state index >= 15 is 0 Å². The summed E-state index contributed by atoms with van der Waals surface area (Å²) in [5.41, 5.74) is -0.450. The van der Waals surface area contributed by atoms with Gasteiger partial charge >= 0.3 is 6.18 Å². The lowest BCUT2D eigenvalue weighted by atomic mass is 10.1. The second-order valence-electron chi connectivity index (χ2n) is 4.20. The Bertz CT molecular complexity index is 688. The molecule has 0 fully saturated rings. The molecule has 7 heteroatoms. The molecule has 0 aromatic heterocycles. The van der Waals surface area contributed by atoms with Gasteiger partial charge in [0.15, 0.2) is 0 Å². The van der Waals surface area contributed by atoms with Crippen LogP contribution < -0.4 is 5.32 Å². The van der Waals surface area contributed by atoms with Crippen LogP contribution in [0.25, 0.3) is 0 Å². The third-order valence-electron chi connectivity index (χ3n) is 2.64. The van der Waals surface area contributed by atoms with Crippen LogP contribution in [0, 0.1) is 0 Å². The summed E-state index contributed by atoms with van der Waals surface area (Å²) in [5, 5.41) is 2.44. The Labute approximate surface area is 132 Å². The number of carbonyl (C=O) groups is 1. The maximum atomic E-state index is 12.6. The average Bonchev–Trinajstić information content (AvgIpc) is 2.41. The Balaban J connectivity index is 2.26. The standard InChI is InChI=1S/C14H9BrF3NOS/c15-12-5-4-10(21)7-11(12)13(20)19-9-3-1-2-8(6-9)14(16,17)18/h1-7,21H,(H,19,20). The van der Waals surface area contributed by atoms with Gasteiger partial charge in [-0.15, -0.1) is 12.6 Å². The quantitative estimate of drug-likeness (QED) is 0.709. The van der Waals surface area contributed by atoms with Crippen molar-refractivity contribution in [3.05, 3.63) is 58.1 Å². The number of carbonyl (C=O) groups excluding carboxylic acids is 1. The first-order chi connectivity index (χ1) is 9.77. The first-order valence-electron chi connectivity index (χ1n) is 5.74. The van der Waals surface area contributed by atoms with Crippen LogP contribution in [-0.4, -0.2) is 5.91 Å². The summed E-state index contributed by atoms with van der Waals surface area (Å²) in [7, 11) is 0. The predicted octanol–water partition coefficient (Wildman–Crippen LogP) is 5.01. The maximum absolute atomic E-state index is 12.6. The van der Waals surface area contributed by atoms with Gasteiger partial charge in [0.25, 0.3) is 5.91 Å². The molecule has 0 radical (unpaired) electrons. The summed E-state index contributed by atoms with van der Waals surface area (Å²) < 4.78 is 38.4. The summed E-state index contributed by atoms with van der Waals surface area (Å²) in [6.45, 7) is 0. The van der Waals surface area contributed by atoms with Crippen LogP contribution in [0.15, 0.2) is 51.8 Å². The van der Waals surface area contributed by atoms with Gasteiger partial charge in [-0.3, -0.25) is 4.79 Å². The van der Waals surface area contributed by atoms with Crippen molar-refractivity contribution >= 4 is 40.2 Å². The van der Waals surface area contributed by atoms with Gasteiger partial charge in [-0.25, -0.2) is 0 Å². The largest absolute Gasteiger partial charge is 0.416 e. The summed E-state index contributed by atoms with van der Waals surface area (Å²) in [6, 6.07) is 9.32. The highest BCUT2D eigenvalue weighted by atomic mass is 79.9. The number of amides is 1. The van der Waals surface area contributed by atoms with Crippen molar-refractivity contribution < 1.29 is 18.0 Å². The molecule has 1 N–H and O–H groups in total. The van der Waals surface area contributed by atoms with E-state index in [9.17, 15) is 18.0 Å². The zero-order valence-electron chi connectivity index (χ0n) is 10.4. The van der Waals surface area contributed by atoms with E-state index in [1.165, 1.54) is 18.2 Å². The van der Waals surface area contributed by atoms with E-state index in [0.717, 1.165) is 12.1 Å². The topological polar surface area (TPSA) is 29.1 Å². The Kier molecular flexibility index (Phi) is 4.63. The fraction of sp³-hybridized carbons (Fsp3) is 0.0714. The Morgan fingerprint density at radius 1 is 1.14 bits per heavy atom. The van der Waals surface area contributed by atoms with E-state index in [0.29, 0.717) is 14.9 Å². The van der Waals surface area contributed by atoms with Gasteiger partial charge in [-0.1, -0.05) is 6.07 Å². The van der Waals surface area contributed by atoms with E-state index in [2.05, 4.69) is 33.9 Å². The van der Waals surface area contributed by atoms with E-state index in [1.807, 2.05) is 0 Å². The number of benzene rings is 2. The van der Waals surface area contributed by atoms with Crippen molar-refractivity contribution in [1.29, 1.82) is 0 Å². The molecule has 0 spiro atoms. The number of anilines is 1. The normalized spacial score (nSPS) is 11.3. The molecule has 0 heterocycles. The molecule has 0 aliphatic heterocycles. The molecule has 21 heavy (non-hydrogen) atoms. The monoisotopic (exact) mass is 375 g/mol. The zero-order valence-corrected chi connectivity index (χ0v) is 12.9. The first kappa shape index (κ1) is 15.9. The average molecular weight is 376 g/mol. The molecule has 0 aliphatic carbocycles. The summed E-state index contributed by atoms with van der Waals surface area (Å²) in [4.78, 5) is 12.7. The second kappa shape index (κ2) is 6.11. The van der Waals surface area contributed by atoms with Crippen LogP contribution in [0.3, 0.4) is 0 Å². The van der Waals surface area contributed by atoms with E-state index < -0.39 is 17.6 Å². The third-order valence-corrected chi connectivity index (χ3v) is 3.61. The van der Waals surface area contributed by atoms with Gasteiger partial charge in [-0.2, -0.15) is 13.2 Å². The third kappa shape index (κ3) is 4.01. The molecule has 1 amide bonds. The van der Waals surface area contributed by atoms with Crippen LogP contribution in [0.4, 0.5) is 18.9 Å². The van der Waals surface area contributed by atoms with Crippen LogP contribution in [-0.2, 0) is 6.18 Å². The molecular formula is C14H9BrF3NOS. The van der Waals surface area contributed by atoms with Crippen LogP contribution in [0.5, 0.6) is 0 Å². The molecule has 2 nitrogen and oxygen atoms in total. The number of nitrogens with one attached hydrogen (secondary N) is 1. The second-order valence-corrected chi connectivity index (χ2v) is 5.57. The highest BCUT2D eigenvalue weighted by Crippen LogP contribution is 2.31. The molecule has 110 valence electrons. The molecule has 2 aromatic carbocycles. The van der Waals surface area contributed by atoms with Crippen molar-refractivity contribution in [1.82, 2.24) is 0 Å². The van der Waals surface area contributed by atoms with Crippen LogP contribution >= 0.6 is 28.6 Å². The van der Waals surface area contributed by atoms with Crippen LogP contribution in [0.1, 0.15) is 15.9 Å². The number of hydrogen-bond donors (Lipinski definition) is 2. The SMILES string of the molecule is O=C(Nc1cccc(C(F)(F)F)c1)c1cc(S)ccc1Br. The molecule has 0 unspecified atom stereocenters. The Hall–Kier alpha value is -1.47. The van der Waals surface area contributed by atoms with Gasteiger partial charge in [0.05, 0.1) is 11.1 Å². The predicted molar refractivity (Wildman–Crippen MR) is 80.8 cm³/mol. The van der Waals surface area contributed by atoms with Gasteiger partial charge in [0, 0.05) is 15.1 Å². The highest BCUT2D eigenvalue weighted by Gasteiger charge is 2.30. The van der Waals surface area contributed by atoms with Gasteiger partial charge < -0.3 is 5.32 Å². The summed E-state index contributed by atoms with van der Waals surface area (Å²) >= 11 is 7.34. The molecule has 2 aromatic rings. The van der Waals surface area contributed by atoms with E-state index in [1.54, 1.807) is 12.1 Å².